The molecule has 29 heavy (non-hydrogen) atoms. The van der Waals surface area contributed by atoms with Crippen LogP contribution in [0.15, 0.2) is 42.5 Å². The summed E-state index contributed by atoms with van der Waals surface area (Å²) in [6.45, 7) is 3.39. The fourth-order valence-corrected chi connectivity index (χ4v) is 3.15. The molecule has 7 heteroatoms. The van der Waals surface area contributed by atoms with E-state index in [-0.39, 0.29) is 24.6 Å². The molecule has 1 fully saturated rings. The summed E-state index contributed by atoms with van der Waals surface area (Å²) in [4.78, 5) is 38.1. The number of esters is 1. The number of benzene rings is 2. The molecule has 1 saturated heterocycles. The molecule has 0 spiro atoms. The maximum atomic E-state index is 13.5. The Labute approximate surface area is 168 Å². The number of hydrogen-bond acceptors (Lipinski definition) is 4. The number of rotatable bonds is 6. The van der Waals surface area contributed by atoms with Gasteiger partial charge in [-0.2, -0.15) is 0 Å². The average Bonchev–Trinajstić information content (AvgIpc) is 3.11. The van der Waals surface area contributed by atoms with Crippen LogP contribution in [0, 0.1) is 18.7 Å². The van der Waals surface area contributed by atoms with Crippen molar-refractivity contribution < 1.29 is 23.5 Å². The number of halogens is 1. The van der Waals surface area contributed by atoms with Crippen LogP contribution in [0.25, 0.3) is 0 Å². The van der Waals surface area contributed by atoms with Crippen molar-refractivity contribution in [2.45, 2.75) is 26.7 Å². The molecule has 1 N–H and O–H groups in total. The summed E-state index contributed by atoms with van der Waals surface area (Å²) in [6, 6.07) is 11.9. The van der Waals surface area contributed by atoms with Crippen LogP contribution in [-0.4, -0.2) is 30.9 Å². The van der Waals surface area contributed by atoms with Crippen LogP contribution in [0.2, 0.25) is 0 Å². The van der Waals surface area contributed by atoms with Gasteiger partial charge >= 0.3 is 5.97 Å². The third-order valence-electron chi connectivity index (χ3n) is 4.92. The molecule has 152 valence electrons. The van der Waals surface area contributed by atoms with Gasteiger partial charge in [0.1, 0.15) is 5.82 Å². The SMILES string of the molecule is CCc1ccc(N2C[C@@H](C(=O)OCC(=O)Nc3ccc(C)c(F)c3)CC2=O)cc1. The summed E-state index contributed by atoms with van der Waals surface area (Å²) in [6.07, 6.45) is 0.944. The molecule has 0 unspecified atom stereocenters. The average molecular weight is 398 g/mol. The molecule has 2 aromatic rings. The summed E-state index contributed by atoms with van der Waals surface area (Å²) >= 11 is 0. The van der Waals surface area contributed by atoms with Crippen molar-refractivity contribution in [1.82, 2.24) is 0 Å². The van der Waals surface area contributed by atoms with E-state index < -0.39 is 30.2 Å². The summed E-state index contributed by atoms with van der Waals surface area (Å²) < 4.78 is 18.6. The zero-order valence-electron chi connectivity index (χ0n) is 16.4. The van der Waals surface area contributed by atoms with Gasteiger partial charge in [0.05, 0.1) is 5.92 Å². The van der Waals surface area contributed by atoms with Gasteiger partial charge in [-0.1, -0.05) is 25.1 Å². The lowest BCUT2D eigenvalue weighted by Crippen LogP contribution is -2.28. The Kier molecular flexibility index (Phi) is 6.26. The van der Waals surface area contributed by atoms with Crippen LogP contribution in [0.1, 0.15) is 24.5 Å². The highest BCUT2D eigenvalue weighted by Gasteiger charge is 2.36. The van der Waals surface area contributed by atoms with Crippen LogP contribution < -0.4 is 10.2 Å². The van der Waals surface area contributed by atoms with E-state index in [0.717, 1.165) is 17.7 Å². The summed E-state index contributed by atoms with van der Waals surface area (Å²) in [5.74, 6) is -2.39. The molecular formula is C22H23FN2O4. The third-order valence-corrected chi connectivity index (χ3v) is 4.92. The van der Waals surface area contributed by atoms with Gasteiger partial charge in [0, 0.05) is 24.3 Å². The number of nitrogens with zero attached hydrogens (tertiary/aromatic N) is 1. The Bertz CT molecular complexity index is 927. The fraction of sp³-hybridized carbons (Fsp3) is 0.318. The molecule has 2 aromatic carbocycles. The van der Waals surface area contributed by atoms with Crippen molar-refractivity contribution in [3.05, 3.63) is 59.4 Å². The Balaban J connectivity index is 1.52. The van der Waals surface area contributed by atoms with Gasteiger partial charge in [-0.05, 0) is 48.7 Å². The van der Waals surface area contributed by atoms with Crippen LogP contribution in [0.4, 0.5) is 15.8 Å². The number of aryl methyl sites for hydroxylation is 2. The fourth-order valence-electron chi connectivity index (χ4n) is 3.15. The van der Waals surface area contributed by atoms with Crippen molar-refractivity contribution in [1.29, 1.82) is 0 Å². The highest BCUT2D eigenvalue weighted by Crippen LogP contribution is 2.26. The molecule has 0 radical (unpaired) electrons. The van der Waals surface area contributed by atoms with Gasteiger partial charge in [-0.3, -0.25) is 14.4 Å². The molecule has 1 aliphatic heterocycles. The highest BCUT2D eigenvalue weighted by molar-refractivity contribution is 6.00. The molecule has 0 bridgehead atoms. The predicted octanol–water partition coefficient (Wildman–Crippen LogP) is 3.23. The second-order valence-corrected chi connectivity index (χ2v) is 7.05. The van der Waals surface area contributed by atoms with E-state index in [1.54, 1.807) is 24.0 Å². The van der Waals surface area contributed by atoms with E-state index in [1.807, 2.05) is 31.2 Å². The van der Waals surface area contributed by atoms with E-state index >= 15 is 0 Å². The van der Waals surface area contributed by atoms with Crippen molar-refractivity contribution in [3.8, 4) is 0 Å². The second-order valence-electron chi connectivity index (χ2n) is 7.05. The van der Waals surface area contributed by atoms with Crippen LogP contribution in [-0.2, 0) is 25.5 Å². The minimum Gasteiger partial charge on any atom is -0.455 e. The van der Waals surface area contributed by atoms with Crippen molar-refractivity contribution in [2.24, 2.45) is 5.92 Å². The predicted molar refractivity (Wildman–Crippen MR) is 107 cm³/mol. The molecule has 1 heterocycles. The molecule has 3 rings (SSSR count). The first-order chi connectivity index (χ1) is 13.9. The largest absolute Gasteiger partial charge is 0.455 e. The van der Waals surface area contributed by atoms with Crippen LogP contribution >= 0.6 is 0 Å². The Hall–Kier alpha value is -3.22. The molecule has 2 amide bonds. The number of carbonyl (C=O) groups excluding carboxylic acids is 3. The minimum absolute atomic E-state index is 0.0408. The van der Waals surface area contributed by atoms with E-state index in [9.17, 15) is 18.8 Å². The lowest BCUT2D eigenvalue weighted by molar-refractivity contribution is -0.151. The number of hydrogen-bond donors (Lipinski definition) is 1. The van der Waals surface area contributed by atoms with Crippen LogP contribution in [0.5, 0.6) is 0 Å². The molecule has 0 aromatic heterocycles. The van der Waals surface area contributed by atoms with Gasteiger partial charge in [0.25, 0.3) is 5.91 Å². The lowest BCUT2D eigenvalue weighted by atomic mass is 10.1. The standard InChI is InChI=1S/C22H23FN2O4/c1-3-15-5-8-18(9-6-15)25-12-16(10-21(25)27)22(28)29-13-20(26)24-17-7-4-14(2)19(23)11-17/h4-9,11,16H,3,10,12-13H2,1-2H3,(H,24,26)/t16-/m0/s1. The van der Waals surface area contributed by atoms with Gasteiger partial charge in [0.15, 0.2) is 6.61 Å². The van der Waals surface area contributed by atoms with Crippen LogP contribution in [0.3, 0.4) is 0 Å². The minimum atomic E-state index is -0.627. The van der Waals surface area contributed by atoms with E-state index in [1.165, 1.54) is 6.07 Å². The number of amides is 2. The highest BCUT2D eigenvalue weighted by atomic mass is 19.1. The third kappa shape index (κ3) is 4.99. The monoisotopic (exact) mass is 398 g/mol. The topological polar surface area (TPSA) is 75.7 Å². The Morgan fingerprint density at radius 3 is 2.59 bits per heavy atom. The van der Waals surface area contributed by atoms with E-state index in [0.29, 0.717) is 5.56 Å². The Morgan fingerprint density at radius 2 is 1.93 bits per heavy atom. The molecule has 0 aliphatic carbocycles. The first kappa shape index (κ1) is 20.5. The molecule has 6 nitrogen and oxygen atoms in total. The normalized spacial score (nSPS) is 16.0. The summed E-state index contributed by atoms with van der Waals surface area (Å²) in [5.41, 5.74) is 2.65. The van der Waals surface area contributed by atoms with Gasteiger partial charge in [0.2, 0.25) is 5.91 Å². The second kappa shape index (κ2) is 8.86. The maximum absolute atomic E-state index is 13.5. The van der Waals surface area contributed by atoms with Gasteiger partial charge in [-0.25, -0.2) is 4.39 Å². The van der Waals surface area contributed by atoms with Crippen molar-refractivity contribution >= 4 is 29.2 Å². The molecule has 0 saturated carbocycles. The first-order valence-electron chi connectivity index (χ1n) is 9.49. The number of nitrogens with one attached hydrogen (secondary N) is 1. The van der Waals surface area contributed by atoms with Gasteiger partial charge < -0.3 is 15.0 Å². The summed E-state index contributed by atoms with van der Waals surface area (Å²) in [7, 11) is 0. The Morgan fingerprint density at radius 1 is 1.21 bits per heavy atom. The van der Waals surface area contributed by atoms with Crippen molar-refractivity contribution in [3.63, 3.8) is 0 Å². The number of carbonyl (C=O) groups is 3. The van der Waals surface area contributed by atoms with Gasteiger partial charge in [-0.15, -0.1) is 0 Å². The smallest absolute Gasteiger partial charge is 0.311 e. The number of ether oxygens (including phenoxy) is 1. The number of anilines is 2. The zero-order chi connectivity index (χ0) is 21.0. The molecule has 1 atom stereocenters. The van der Waals surface area contributed by atoms with E-state index in [4.69, 9.17) is 4.74 Å². The summed E-state index contributed by atoms with van der Waals surface area (Å²) in [5, 5.41) is 2.48. The van der Waals surface area contributed by atoms with Crippen molar-refractivity contribution in [2.75, 3.05) is 23.4 Å². The zero-order valence-corrected chi connectivity index (χ0v) is 16.4. The first-order valence-corrected chi connectivity index (χ1v) is 9.49. The maximum Gasteiger partial charge on any atom is 0.311 e. The molecule has 1 aliphatic rings. The lowest BCUT2D eigenvalue weighted by Gasteiger charge is -2.17. The molecular weight excluding hydrogens is 375 g/mol. The quantitative estimate of drug-likeness (QED) is 0.758. The van der Waals surface area contributed by atoms with E-state index in [2.05, 4.69) is 5.32 Å².